The van der Waals surface area contributed by atoms with Crippen molar-refractivity contribution in [2.45, 2.75) is 39.0 Å². The summed E-state index contributed by atoms with van der Waals surface area (Å²) in [6, 6.07) is 1.79. The van der Waals surface area contributed by atoms with Gasteiger partial charge in [0, 0.05) is 5.41 Å². The first-order valence-electron chi connectivity index (χ1n) is 5.52. The molecule has 0 saturated heterocycles. The lowest BCUT2D eigenvalue weighted by Crippen LogP contribution is -2.29. The normalized spacial score (nSPS) is 19.7. The second kappa shape index (κ2) is 4.79. The van der Waals surface area contributed by atoms with E-state index in [0.29, 0.717) is 5.02 Å². The van der Waals surface area contributed by atoms with E-state index in [9.17, 15) is 4.79 Å². The maximum absolute atomic E-state index is 12.4. The highest BCUT2D eigenvalue weighted by Crippen LogP contribution is 2.42. The minimum absolute atomic E-state index is 0.161. The fraction of sp³-hybridized carbons (Fsp3) is 0.583. The van der Waals surface area contributed by atoms with Crippen LogP contribution in [0, 0.1) is 5.41 Å². The van der Waals surface area contributed by atoms with Crippen LogP contribution in [0.5, 0.6) is 0 Å². The van der Waals surface area contributed by atoms with Crippen molar-refractivity contribution in [2.75, 3.05) is 0 Å². The molecule has 0 amide bonds. The number of carbonyl (C=O) groups is 1. The van der Waals surface area contributed by atoms with Crippen molar-refractivity contribution in [3.63, 3.8) is 0 Å². The van der Waals surface area contributed by atoms with Crippen LogP contribution in [0.15, 0.2) is 9.85 Å². The van der Waals surface area contributed by atoms with Crippen LogP contribution in [-0.4, -0.2) is 5.78 Å². The lowest BCUT2D eigenvalue weighted by molar-refractivity contribution is 0.0754. The highest BCUT2D eigenvalue weighted by molar-refractivity contribution is 9.11. The highest BCUT2D eigenvalue weighted by atomic mass is 79.9. The Hall–Kier alpha value is 0.140. The van der Waals surface area contributed by atoms with Gasteiger partial charge in [0.1, 0.15) is 0 Å². The Labute approximate surface area is 113 Å². The van der Waals surface area contributed by atoms with Crippen molar-refractivity contribution < 1.29 is 4.79 Å². The minimum Gasteiger partial charge on any atom is -0.293 e. The van der Waals surface area contributed by atoms with Crippen LogP contribution in [0.3, 0.4) is 0 Å². The molecule has 0 bridgehead atoms. The summed E-state index contributed by atoms with van der Waals surface area (Å²) in [5.74, 6) is 0.268. The average Bonchev–Trinajstić information content (AvgIpc) is 2.59. The maximum Gasteiger partial charge on any atom is 0.178 e. The molecule has 16 heavy (non-hydrogen) atoms. The van der Waals surface area contributed by atoms with Crippen LogP contribution < -0.4 is 0 Å². The van der Waals surface area contributed by atoms with Gasteiger partial charge in [0.15, 0.2) is 5.78 Å². The number of thiophene rings is 1. The lowest BCUT2D eigenvalue weighted by atomic mass is 9.72. The predicted octanol–water partition coefficient (Wildman–Crippen LogP) is 5.32. The van der Waals surface area contributed by atoms with E-state index in [1.54, 1.807) is 6.07 Å². The summed E-state index contributed by atoms with van der Waals surface area (Å²) in [6.07, 6.45) is 5.63. The summed E-state index contributed by atoms with van der Waals surface area (Å²) in [5, 5.41) is 0.646. The van der Waals surface area contributed by atoms with Gasteiger partial charge < -0.3 is 0 Å². The van der Waals surface area contributed by atoms with Gasteiger partial charge in [0.05, 0.1) is 13.7 Å². The molecular formula is C12H14BrClOS. The molecule has 1 aromatic heterocycles. The third-order valence-electron chi connectivity index (χ3n) is 3.37. The average molecular weight is 322 g/mol. The summed E-state index contributed by atoms with van der Waals surface area (Å²) in [5.41, 5.74) is -0.161. The van der Waals surface area contributed by atoms with E-state index in [-0.39, 0.29) is 11.2 Å². The number of rotatable bonds is 2. The number of hydrogen-bond acceptors (Lipinski definition) is 2. The molecule has 1 fully saturated rings. The molecule has 0 radical (unpaired) electrons. The smallest absolute Gasteiger partial charge is 0.178 e. The molecule has 0 aliphatic heterocycles. The molecule has 0 aromatic carbocycles. The highest BCUT2D eigenvalue weighted by Gasteiger charge is 2.36. The zero-order valence-corrected chi connectivity index (χ0v) is 12.3. The second-order valence-electron chi connectivity index (χ2n) is 4.68. The molecular weight excluding hydrogens is 308 g/mol. The van der Waals surface area contributed by atoms with Crippen molar-refractivity contribution in [3.8, 4) is 0 Å². The first-order chi connectivity index (χ1) is 7.53. The monoisotopic (exact) mass is 320 g/mol. The van der Waals surface area contributed by atoms with Crippen molar-refractivity contribution in [1.29, 1.82) is 0 Å². The molecule has 1 saturated carbocycles. The molecule has 1 aromatic rings. The van der Waals surface area contributed by atoms with Crippen LogP contribution in [-0.2, 0) is 0 Å². The van der Waals surface area contributed by atoms with Crippen LogP contribution in [0.1, 0.15) is 48.7 Å². The largest absolute Gasteiger partial charge is 0.293 e. The van der Waals surface area contributed by atoms with E-state index in [1.165, 1.54) is 30.6 Å². The molecule has 88 valence electrons. The minimum atomic E-state index is -0.161. The fourth-order valence-electron chi connectivity index (χ4n) is 2.32. The molecule has 0 N–H and O–H groups in total. The van der Waals surface area contributed by atoms with Crippen molar-refractivity contribution in [2.24, 2.45) is 5.41 Å². The van der Waals surface area contributed by atoms with Crippen molar-refractivity contribution in [3.05, 3.63) is 19.8 Å². The van der Waals surface area contributed by atoms with Crippen LogP contribution in [0.25, 0.3) is 0 Å². The zero-order chi connectivity index (χ0) is 11.8. The van der Waals surface area contributed by atoms with E-state index in [0.717, 1.165) is 21.5 Å². The Morgan fingerprint density at radius 1 is 1.44 bits per heavy atom. The number of ketones is 1. The first kappa shape index (κ1) is 12.6. The Morgan fingerprint density at radius 2 is 2.06 bits per heavy atom. The van der Waals surface area contributed by atoms with E-state index in [1.807, 2.05) is 0 Å². The molecule has 0 spiro atoms. The van der Waals surface area contributed by atoms with Crippen LogP contribution in [0.4, 0.5) is 0 Å². The summed E-state index contributed by atoms with van der Waals surface area (Å²) in [7, 11) is 0. The molecule has 4 heteroatoms. The van der Waals surface area contributed by atoms with Gasteiger partial charge in [-0.05, 0) is 34.8 Å². The van der Waals surface area contributed by atoms with Crippen molar-refractivity contribution >= 4 is 44.7 Å². The van der Waals surface area contributed by atoms with Gasteiger partial charge in [0.2, 0.25) is 0 Å². The van der Waals surface area contributed by atoms with Crippen molar-refractivity contribution in [1.82, 2.24) is 0 Å². The summed E-state index contributed by atoms with van der Waals surface area (Å²) in [4.78, 5) is 13.2. The standard InChI is InChI=1S/C12H14BrClOS/c1-12(5-3-2-4-6-12)10(15)9-7-8(14)11(13)16-9/h7H,2-6H2,1H3. The Kier molecular flexibility index (Phi) is 3.77. The van der Waals surface area contributed by atoms with Gasteiger partial charge in [-0.25, -0.2) is 0 Å². The topological polar surface area (TPSA) is 17.1 Å². The zero-order valence-electron chi connectivity index (χ0n) is 9.19. The lowest BCUT2D eigenvalue weighted by Gasteiger charge is -2.31. The third kappa shape index (κ3) is 2.36. The SMILES string of the molecule is CC1(C(=O)c2cc(Cl)c(Br)s2)CCCCC1. The van der Waals surface area contributed by atoms with Gasteiger partial charge in [-0.2, -0.15) is 0 Å². The second-order valence-corrected chi connectivity index (χ2v) is 7.46. The van der Waals surface area contributed by atoms with E-state index in [4.69, 9.17) is 11.6 Å². The molecule has 1 nitrogen and oxygen atoms in total. The van der Waals surface area contributed by atoms with Gasteiger partial charge in [0.25, 0.3) is 0 Å². The third-order valence-corrected chi connectivity index (χ3v) is 5.85. The number of halogens is 2. The van der Waals surface area contributed by atoms with E-state index >= 15 is 0 Å². The first-order valence-corrected chi connectivity index (χ1v) is 7.51. The van der Waals surface area contributed by atoms with Gasteiger partial charge in [-0.1, -0.05) is 37.8 Å². The Morgan fingerprint density at radius 3 is 2.56 bits per heavy atom. The van der Waals surface area contributed by atoms with Gasteiger partial charge >= 0.3 is 0 Å². The van der Waals surface area contributed by atoms with E-state index < -0.39 is 0 Å². The molecule has 2 rings (SSSR count). The van der Waals surface area contributed by atoms with Crippen LogP contribution >= 0.6 is 38.9 Å². The summed E-state index contributed by atoms with van der Waals surface area (Å²) < 4.78 is 0.858. The summed E-state index contributed by atoms with van der Waals surface area (Å²) in [6.45, 7) is 2.09. The number of carbonyl (C=O) groups excluding carboxylic acids is 1. The fourth-order valence-corrected chi connectivity index (χ4v) is 4.11. The molecule has 1 aliphatic carbocycles. The van der Waals surface area contributed by atoms with E-state index in [2.05, 4.69) is 22.9 Å². The molecule has 0 unspecified atom stereocenters. The summed E-state index contributed by atoms with van der Waals surface area (Å²) >= 11 is 10.8. The molecule has 1 heterocycles. The quantitative estimate of drug-likeness (QED) is 0.674. The number of Topliss-reactive ketones (excluding diaryl/α,β-unsaturated/α-hetero) is 1. The number of hydrogen-bond donors (Lipinski definition) is 0. The predicted molar refractivity (Wildman–Crippen MR) is 72.6 cm³/mol. The maximum atomic E-state index is 12.4. The Bertz CT molecular complexity index is 388. The van der Waals surface area contributed by atoms with Gasteiger partial charge in [-0.15, -0.1) is 11.3 Å². The van der Waals surface area contributed by atoms with Gasteiger partial charge in [-0.3, -0.25) is 4.79 Å². The molecule has 1 aliphatic rings. The van der Waals surface area contributed by atoms with Crippen LogP contribution in [0.2, 0.25) is 5.02 Å². The molecule has 0 atom stereocenters. The Balaban J connectivity index is 2.23.